The fourth-order valence-corrected chi connectivity index (χ4v) is 8.00. The van der Waals surface area contributed by atoms with E-state index in [2.05, 4.69) is 5.32 Å². The number of nitrogens with one attached hydrogen (secondary N) is 1. The van der Waals surface area contributed by atoms with Crippen LogP contribution in [0.15, 0.2) is 65.2 Å². The number of amides is 1. The van der Waals surface area contributed by atoms with Crippen LogP contribution >= 0.6 is 0 Å². The number of methoxy groups -OCH3 is 2. The van der Waals surface area contributed by atoms with Gasteiger partial charge in [0, 0.05) is 11.3 Å². The molecule has 3 aromatic carbocycles. The summed E-state index contributed by atoms with van der Waals surface area (Å²) in [5.41, 5.74) is -2.69. The van der Waals surface area contributed by atoms with E-state index < -0.39 is 55.2 Å². The number of alkyl halides is 3. The smallest absolute Gasteiger partial charge is 0.416 e. The molecule has 5 rings (SSSR count). The Morgan fingerprint density at radius 2 is 1.79 bits per heavy atom. The Kier molecular flexibility index (Phi) is 7.36. The number of phenols is 1. The second kappa shape index (κ2) is 10.5. The number of carbonyl (C=O) groups is 1. The van der Waals surface area contributed by atoms with E-state index in [9.17, 15) is 31.5 Å². The van der Waals surface area contributed by atoms with Crippen LogP contribution in [-0.2, 0) is 16.0 Å². The topological polar surface area (TPSA) is 105 Å². The molecule has 0 saturated carbocycles. The number of phenolic OH excluding ortho intramolecular Hbond substituents is 1. The van der Waals surface area contributed by atoms with Crippen molar-refractivity contribution in [1.82, 2.24) is 0 Å². The van der Waals surface area contributed by atoms with Crippen molar-refractivity contribution in [3.63, 3.8) is 0 Å². The molecule has 0 fully saturated rings. The highest BCUT2D eigenvalue weighted by Crippen LogP contribution is 2.52. The number of halogens is 4. The first-order valence-electron chi connectivity index (χ1n) is 13.0. The van der Waals surface area contributed by atoms with Crippen molar-refractivity contribution < 1.29 is 45.4 Å². The van der Waals surface area contributed by atoms with E-state index in [0.29, 0.717) is 6.07 Å². The number of hydrogen-bond acceptors (Lipinski definition) is 7. The maximum absolute atomic E-state index is 15.8. The minimum atomic E-state index is -4.88. The fraction of sp³-hybridized carbons (Fsp3) is 0.300. The number of fused-ring (bicyclic) bond motifs is 1. The molecule has 2 heterocycles. The van der Waals surface area contributed by atoms with Crippen molar-refractivity contribution in [1.29, 1.82) is 0 Å². The highest BCUT2D eigenvalue weighted by Gasteiger charge is 2.48. The molecule has 2 aliphatic rings. The van der Waals surface area contributed by atoms with Crippen molar-refractivity contribution >= 4 is 27.1 Å². The van der Waals surface area contributed by atoms with Gasteiger partial charge in [-0.25, -0.2) is 12.8 Å². The van der Waals surface area contributed by atoms with Gasteiger partial charge < -0.3 is 19.9 Å². The lowest BCUT2D eigenvalue weighted by atomic mass is 9.88. The van der Waals surface area contributed by atoms with Gasteiger partial charge in [0.1, 0.15) is 34.8 Å². The summed E-state index contributed by atoms with van der Waals surface area (Å²) in [6.07, 6.45) is -4.77. The van der Waals surface area contributed by atoms with E-state index in [1.165, 1.54) is 50.6 Å². The van der Waals surface area contributed by atoms with Crippen LogP contribution in [0.2, 0.25) is 0 Å². The van der Waals surface area contributed by atoms with Gasteiger partial charge in [-0.05, 0) is 54.3 Å². The van der Waals surface area contributed by atoms with Crippen LogP contribution in [0.1, 0.15) is 47.8 Å². The summed E-state index contributed by atoms with van der Waals surface area (Å²) < 4.78 is 95.1. The number of aromatic hydroxyl groups is 1. The minimum absolute atomic E-state index is 0.0343. The van der Waals surface area contributed by atoms with Gasteiger partial charge in [0.25, 0.3) is 5.91 Å². The van der Waals surface area contributed by atoms with E-state index in [0.717, 1.165) is 11.0 Å². The Balaban J connectivity index is 1.89. The van der Waals surface area contributed by atoms with Crippen molar-refractivity contribution in [2.45, 2.75) is 32.5 Å². The van der Waals surface area contributed by atoms with Gasteiger partial charge in [-0.3, -0.25) is 9.69 Å². The van der Waals surface area contributed by atoms with Crippen molar-refractivity contribution in [2.24, 2.45) is 5.41 Å². The van der Waals surface area contributed by atoms with Crippen LogP contribution in [0.3, 0.4) is 0 Å². The van der Waals surface area contributed by atoms with Crippen molar-refractivity contribution in [3.05, 3.63) is 87.7 Å². The molecule has 3 aromatic rings. The van der Waals surface area contributed by atoms with Gasteiger partial charge >= 0.3 is 6.18 Å². The number of benzene rings is 3. The first-order valence-corrected chi connectivity index (χ1v) is 14.7. The van der Waals surface area contributed by atoms with Gasteiger partial charge in [0.15, 0.2) is 9.84 Å². The number of anilines is 2. The van der Waals surface area contributed by atoms with Crippen LogP contribution < -0.4 is 19.7 Å². The quantitative estimate of drug-likeness (QED) is 0.256. The first kappa shape index (κ1) is 30.2. The molecule has 8 nitrogen and oxygen atoms in total. The summed E-state index contributed by atoms with van der Waals surface area (Å²) in [4.78, 5) is 15.1. The number of para-hydroxylation sites is 1. The predicted octanol–water partition coefficient (Wildman–Crippen LogP) is 6.44. The number of rotatable bonds is 4. The third-order valence-corrected chi connectivity index (χ3v) is 9.71. The molecule has 0 aromatic heterocycles. The maximum atomic E-state index is 15.8. The lowest BCUT2D eigenvalue weighted by molar-refractivity contribution is -0.137. The Morgan fingerprint density at radius 3 is 2.42 bits per heavy atom. The van der Waals surface area contributed by atoms with Crippen LogP contribution in [0, 0.1) is 11.2 Å². The molecule has 0 radical (unpaired) electrons. The molecule has 1 unspecified atom stereocenters. The third kappa shape index (κ3) is 5.37. The van der Waals surface area contributed by atoms with Gasteiger partial charge in [-0.2, -0.15) is 13.2 Å². The Hall–Kier alpha value is -4.26. The number of allylic oxidation sites excluding steroid dienone is 1. The molecular weight excluding hydrogens is 592 g/mol. The van der Waals surface area contributed by atoms with E-state index in [4.69, 9.17) is 9.47 Å². The average Bonchev–Trinajstić information content (AvgIpc) is 3.06. The van der Waals surface area contributed by atoms with Gasteiger partial charge in [0.05, 0.1) is 41.7 Å². The second-order valence-electron chi connectivity index (χ2n) is 11.1. The zero-order valence-electron chi connectivity index (χ0n) is 23.5. The normalized spacial score (nSPS) is 19.1. The predicted molar refractivity (Wildman–Crippen MR) is 151 cm³/mol. The number of sulfone groups is 1. The lowest BCUT2D eigenvalue weighted by Crippen LogP contribution is -2.41. The number of nitrogens with zero attached hydrogens (tertiary/aromatic N) is 1. The summed E-state index contributed by atoms with van der Waals surface area (Å²) >= 11 is 0. The van der Waals surface area contributed by atoms with Gasteiger partial charge in [-0.1, -0.05) is 26.0 Å². The number of hydrogen-bond donors (Lipinski definition) is 2. The molecule has 1 atom stereocenters. The monoisotopic (exact) mass is 620 g/mol. The van der Waals surface area contributed by atoms with E-state index in [-0.39, 0.29) is 58.1 Å². The summed E-state index contributed by atoms with van der Waals surface area (Å²) in [5.74, 6) is -2.66. The molecule has 0 aliphatic carbocycles. The summed E-state index contributed by atoms with van der Waals surface area (Å²) in [6.45, 7) is 3.43. The van der Waals surface area contributed by atoms with Crippen LogP contribution in [-0.4, -0.2) is 39.4 Å². The molecule has 0 saturated heterocycles. The zero-order chi connectivity index (χ0) is 31.5. The largest absolute Gasteiger partial charge is 0.506 e. The summed E-state index contributed by atoms with van der Waals surface area (Å²) in [7, 11) is -1.60. The summed E-state index contributed by atoms with van der Waals surface area (Å²) in [5, 5.41) is 13.9. The van der Waals surface area contributed by atoms with Crippen LogP contribution in [0.5, 0.6) is 17.2 Å². The molecular formula is C30H28F4N2O6S. The van der Waals surface area contributed by atoms with Gasteiger partial charge in [0.2, 0.25) is 0 Å². The molecule has 1 amide bonds. The van der Waals surface area contributed by atoms with E-state index in [1.54, 1.807) is 13.8 Å². The maximum Gasteiger partial charge on any atom is 0.416 e. The Morgan fingerprint density at radius 1 is 1.07 bits per heavy atom. The molecule has 228 valence electrons. The van der Waals surface area contributed by atoms with Crippen molar-refractivity contribution in [2.75, 3.05) is 30.2 Å². The SMILES string of the molecule is COc1ccc(OC)c(C(=O)N2c3cccc(O)c3NC3=C(C2c2ccc(C(F)(F)F)cc2F)S(=O)(=O)CC(C)(C)C3)c1. The standard InChI is InChI=1S/C30H28F4N2O6S/c1-29(2)14-21-27(43(39,40)15-29)26(18-10-8-16(12-20(18)31)30(32,33)34)36(22-6-5-7-23(37)25(22)35-21)28(38)19-13-17(41-3)9-11-24(19)42-4/h5-13,26,35,37H,14-15H2,1-4H3. The Labute approximate surface area is 245 Å². The minimum Gasteiger partial charge on any atom is -0.506 e. The van der Waals surface area contributed by atoms with Crippen LogP contribution in [0.25, 0.3) is 0 Å². The molecule has 13 heteroatoms. The fourth-order valence-electron chi connectivity index (χ4n) is 5.64. The number of carbonyl (C=O) groups excluding carboxylic acids is 1. The highest BCUT2D eigenvalue weighted by atomic mass is 32.2. The molecule has 0 spiro atoms. The van der Waals surface area contributed by atoms with Gasteiger partial charge in [-0.15, -0.1) is 0 Å². The second-order valence-corrected chi connectivity index (χ2v) is 13.1. The highest BCUT2D eigenvalue weighted by molar-refractivity contribution is 7.95. The average molecular weight is 621 g/mol. The van der Waals surface area contributed by atoms with E-state index >= 15 is 4.39 Å². The van der Waals surface area contributed by atoms with E-state index in [1.807, 2.05) is 0 Å². The Bertz CT molecular complexity index is 1770. The van der Waals surface area contributed by atoms with Crippen molar-refractivity contribution in [3.8, 4) is 17.2 Å². The lowest BCUT2D eigenvalue weighted by Gasteiger charge is -2.37. The molecule has 43 heavy (non-hydrogen) atoms. The zero-order valence-corrected chi connectivity index (χ0v) is 24.4. The molecule has 2 N–H and O–H groups in total. The molecule has 2 aliphatic heterocycles. The summed E-state index contributed by atoms with van der Waals surface area (Å²) in [6, 6.07) is 8.43. The van der Waals surface area contributed by atoms with Crippen LogP contribution in [0.4, 0.5) is 28.9 Å². The third-order valence-electron chi connectivity index (χ3n) is 7.41. The first-order chi connectivity index (χ1) is 20.1. The molecule has 0 bridgehead atoms. The number of ether oxygens (including phenoxy) is 2.